The Morgan fingerprint density at radius 1 is 1.13 bits per heavy atom. The Labute approximate surface area is 187 Å². The molecule has 0 spiro atoms. The van der Waals surface area contributed by atoms with E-state index in [1.165, 1.54) is 6.07 Å². The van der Waals surface area contributed by atoms with Crippen LogP contribution in [0.15, 0.2) is 59.1 Å². The van der Waals surface area contributed by atoms with Gasteiger partial charge in [-0.2, -0.15) is 0 Å². The number of ether oxygens (including phenoxy) is 2. The molecule has 0 atom stereocenters. The van der Waals surface area contributed by atoms with Gasteiger partial charge in [-0.1, -0.05) is 34.1 Å². The first kappa shape index (κ1) is 21.0. The van der Waals surface area contributed by atoms with E-state index in [4.69, 9.17) is 19.7 Å². The Hall–Kier alpha value is -3.28. The average molecular weight is 481 g/mol. The third-order valence-corrected chi connectivity index (χ3v) is 5.37. The van der Waals surface area contributed by atoms with Crippen molar-refractivity contribution < 1.29 is 13.9 Å². The largest absolute Gasteiger partial charge is 0.383 e. The van der Waals surface area contributed by atoms with E-state index in [0.29, 0.717) is 36.4 Å². The van der Waals surface area contributed by atoms with Crippen LogP contribution in [-0.4, -0.2) is 28.3 Å². The standard InChI is InChI=1S/C23H18BrFN4O2/c1-30-10-9-29-21-13-17(24)7-8-20(21)27-22(29)12-15-5-6-16(11-18(15)25)19-3-2-4-23(28-19)31-14-26/h2-8,11,13H,9-10,12H2,1H3. The van der Waals surface area contributed by atoms with Crippen LogP contribution < -0.4 is 4.74 Å². The van der Waals surface area contributed by atoms with Gasteiger partial charge in [0.2, 0.25) is 5.88 Å². The highest BCUT2D eigenvalue weighted by molar-refractivity contribution is 9.10. The number of imidazole rings is 1. The summed E-state index contributed by atoms with van der Waals surface area (Å²) in [5.74, 6) is 0.583. The quantitative estimate of drug-likeness (QED) is 0.344. The molecule has 2 heterocycles. The number of pyridine rings is 1. The van der Waals surface area contributed by atoms with E-state index >= 15 is 0 Å². The van der Waals surface area contributed by atoms with Crippen molar-refractivity contribution in [2.45, 2.75) is 13.0 Å². The van der Waals surface area contributed by atoms with E-state index in [9.17, 15) is 4.39 Å². The Kier molecular flexibility index (Phi) is 6.26. The van der Waals surface area contributed by atoms with Gasteiger partial charge in [0, 0.05) is 36.2 Å². The molecule has 0 fully saturated rings. The molecule has 0 unspecified atom stereocenters. The second-order valence-electron chi connectivity index (χ2n) is 6.84. The summed E-state index contributed by atoms with van der Waals surface area (Å²) >= 11 is 3.50. The predicted octanol–water partition coefficient (Wildman–Crippen LogP) is 5.10. The molecule has 31 heavy (non-hydrogen) atoms. The summed E-state index contributed by atoms with van der Waals surface area (Å²) in [5.41, 5.74) is 3.47. The molecule has 0 amide bonds. The van der Waals surface area contributed by atoms with Gasteiger partial charge in [0.1, 0.15) is 11.6 Å². The number of nitriles is 1. The number of hydrogen-bond acceptors (Lipinski definition) is 5. The summed E-state index contributed by atoms with van der Waals surface area (Å²) in [7, 11) is 1.65. The van der Waals surface area contributed by atoms with Crippen molar-refractivity contribution in [3.8, 4) is 23.4 Å². The first-order chi connectivity index (χ1) is 15.1. The topological polar surface area (TPSA) is 73.0 Å². The Morgan fingerprint density at radius 2 is 2.00 bits per heavy atom. The number of nitrogens with zero attached hydrogens (tertiary/aromatic N) is 4. The summed E-state index contributed by atoms with van der Waals surface area (Å²) in [6, 6.07) is 15.9. The van der Waals surface area contributed by atoms with E-state index in [0.717, 1.165) is 21.3 Å². The first-order valence-electron chi connectivity index (χ1n) is 9.54. The van der Waals surface area contributed by atoms with Crippen LogP contribution in [0.1, 0.15) is 11.4 Å². The van der Waals surface area contributed by atoms with Gasteiger partial charge < -0.3 is 14.0 Å². The highest BCUT2D eigenvalue weighted by atomic mass is 79.9. The Balaban J connectivity index is 1.66. The molecule has 0 bridgehead atoms. The molecule has 8 heteroatoms. The van der Waals surface area contributed by atoms with Crippen molar-refractivity contribution >= 4 is 27.0 Å². The van der Waals surface area contributed by atoms with Crippen LogP contribution in [0.5, 0.6) is 5.88 Å². The third-order valence-electron chi connectivity index (χ3n) is 4.88. The lowest BCUT2D eigenvalue weighted by Gasteiger charge is -2.10. The molecule has 156 valence electrons. The van der Waals surface area contributed by atoms with Crippen LogP contribution in [0, 0.1) is 17.3 Å². The molecular weight excluding hydrogens is 463 g/mol. The van der Waals surface area contributed by atoms with Crippen molar-refractivity contribution in [1.29, 1.82) is 5.26 Å². The van der Waals surface area contributed by atoms with Crippen LogP contribution in [-0.2, 0) is 17.7 Å². The zero-order valence-corrected chi connectivity index (χ0v) is 18.3. The number of rotatable bonds is 7. The van der Waals surface area contributed by atoms with E-state index < -0.39 is 0 Å². The number of fused-ring (bicyclic) bond motifs is 1. The molecule has 6 nitrogen and oxygen atoms in total. The second kappa shape index (κ2) is 9.25. The van der Waals surface area contributed by atoms with E-state index in [-0.39, 0.29) is 11.7 Å². The zero-order chi connectivity index (χ0) is 21.8. The summed E-state index contributed by atoms with van der Waals surface area (Å²) in [5, 5.41) is 8.66. The average Bonchev–Trinajstić information content (AvgIpc) is 3.10. The molecule has 4 aromatic rings. The highest BCUT2D eigenvalue weighted by Gasteiger charge is 2.15. The second-order valence-corrected chi connectivity index (χ2v) is 7.76. The maximum absolute atomic E-state index is 15.0. The third kappa shape index (κ3) is 4.58. The SMILES string of the molecule is COCCn1c(Cc2ccc(-c3cccc(OC#N)n3)cc2F)nc2ccc(Br)cc21. The fourth-order valence-corrected chi connectivity index (χ4v) is 3.76. The van der Waals surface area contributed by atoms with Crippen molar-refractivity contribution in [3.05, 3.63) is 76.3 Å². The van der Waals surface area contributed by atoms with Crippen molar-refractivity contribution in [3.63, 3.8) is 0 Å². The summed E-state index contributed by atoms with van der Waals surface area (Å²) in [4.78, 5) is 8.94. The van der Waals surface area contributed by atoms with Gasteiger partial charge in [0.05, 0.1) is 23.3 Å². The first-order valence-corrected chi connectivity index (χ1v) is 10.3. The van der Waals surface area contributed by atoms with Gasteiger partial charge in [0.15, 0.2) is 0 Å². The number of methoxy groups -OCH3 is 1. The number of aromatic nitrogens is 3. The van der Waals surface area contributed by atoms with Gasteiger partial charge in [-0.15, -0.1) is 5.26 Å². The van der Waals surface area contributed by atoms with E-state index in [1.807, 2.05) is 18.2 Å². The molecule has 0 saturated carbocycles. The maximum Gasteiger partial charge on any atom is 0.293 e. The van der Waals surface area contributed by atoms with Crippen LogP contribution in [0.2, 0.25) is 0 Å². The molecule has 4 rings (SSSR count). The van der Waals surface area contributed by atoms with Crippen molar-refractivity contribution in [2.75, 3.05) is 13.7 Å². The summed E-state index contributed by atoms with van der Waals surface area (Å²) < 4.78 is 28.0. The predicted molar refractivity (Wildman–Crippen MR) is 118 cm³/mol. The molecule has 0 aliphatic carbocycles. The smallest absolute Gasteiger partial charge is 0.293 e. The molecule has 2 aromatic carbocycles. The lowest BCUT2D eigenvalue weighted by Crippen LogP contribution is -2.09. The van der Waals surface area contributed by atoms with Gasteiger partial charge >= 0.3 is 0 Å². The fourth-order valence-electron chi connectivity index (χ4n) is 3.41. The highest BCUT2D eigenvalue weighted by Crippen LogP contribution is 2.26. The number of halogens is 2. The Morgan fingerprint density at radius 3 is 2.77 bits per heavy atom. The number of benzene rings is 2. The van der Waals surface area contributed by atoms with Crippen LogP contribution in [0.25, 0.3) is 22.3 Å². The van der Waals surface area contributed by atoms with Gasteiger partial charge in [-0.25, -0.2) is 14.4 Å². The van der Waals surface area contributed by atoms with Gasteiger partial charge in [0.25, 0.3) is 6.26 Å². The van der Waals surface area contributed by atoms with E-state index in [1.54, 1.807) is 43.7 Å². The molecule has 2 aromatic heterocycles. The van der Waals surface area contributed by atoms with Crippen LogP contribution in [0.3, 0.4) is 0 Å². The van der Waals surface area contributed by atoms with Crippen molar-refractivity contribution in [1.82, 2.24) is 14.5 Å². The monoisotopic (exact) mass is 480 g/mol. The summed E-state index contributed by atoms with van der Waals surface area (Å²) in [6.45, 7) is 1.15. The van der Waals surface area contributed by atoms with Gasteiger partial charge in [-0.3, -0.25) is 0 Å². The number of hydrogen-bond donors (Lipinski definition) is 0. The lowest BCUT2D eigenvalue weighted by atomic mass is 10.1. The molecule has 0 N–H and O–H groups in total. The Bertz CT molecular complexity index is 1280. The molecule has 0 aliphatic rings. The van der Waals surface area contributed by atoms with E-state index in [2.05, 4.69) is 25.5 Å². The molecule has 0 radical (unpaired) electrons. The normalized spacial score (nSPS) is 10.9. The maximum atomic E-state index is 15.0. The van der Waals surface area contributed by atoms with Crippen molar-refractivity contribution in [2.24, 2.45) is 0 Å². The minimum absolute atomic E-state index is 0.169. The minimum Gasteiger partial charge on any atom is -0.383 e. The molecular formula is C23H18BrFN4O2. The van der Waals surface area contributed by atoms with Crippen LogP contribution in [0.4, 0.5) is 4.39 Å². The minimum atomic E-state index is -0.350. The molecule has 0 saturated heterocycles. The zero-order valence-electron chi connectivity index (χ0n) is 16.7. The molecule has 0 aliphatic heterocycles. The fraction of sp³-hybridized carbons (Fsp3) is 0.174. The summed E-state index contributed by atoms with van der Waals surface area (Å²) in [6.07, 6.45) is 1.93. The van der Waals surface area contributed by atoms with Crippen LogP contribution >= 0.6 is 15.9 Å². The lowest BCUT2D eigenvalue weighted by molar-refractivity contribution is 0.187. The van der Waals surface area contributed by atoms with Gasteiger partial charge in [-0.05, 0) is 35.9 Å².